The molecule has 0 atom stereocenters. The number of hydrogen-bond donors (Lipinski definition) is 1. The van der Waals surface area contributed by atoms with Crippen molar-refractivity contribution in [1.29, 1.82) is 0 Å². The molecule has 2 nitrogen and oxygen atoms in total. The molecule has 1 aliphatic rings. The number of nitrogens with zero attached hydrogens (tertiary/aromatic N) is 1. The maximum Gasteiger partial charge on any atom is 0.0401 e. The van der Waals surface area contributed by atoms with Gasteiger partial charge in [-0.15, -0.1) is 0 Å². The second-order valence-electron chi connectivity index (χ2n) is 3.93. The van der Waals surface area contributed by atoms with Crippen molar-refractivity contribution >= 4 is 17.4 Å². The van der Waals surface area contributed by atoms with Crippen molar-refractivity contribution in [2.45, 2.75) is 24.5 Å². The molecule has 0 radical (unpaired) electrons. The summed E-state index contributed by atoms with van der Waals surface area (Å²) >= 11 is 1.99. The molecule has 1 aromatic rings. The highest BCUT2D eigenvalue weighted by atomic mass is 32.2. The Labute approximate surface area is 89.5 Å². The van der Waals surface area contributed by atoms with Crippen LogP contribution in [-0.4, -0.2) is 22.5 Å². The van der Waals surface area contributed by atoms with Crippen molar-refractivity contribution < 1.29 is 0 Å². The Balaban J connectivity index is 1.95. The van der Waals surface area contributed by atoms with Crippen LogP contribution in [0.4, 0.5) is 5.69 Å². The van der Waals surface area contributed by atoms with Crippen LogP contribution >= 0.6 is 11.8 Å². The fraction of sp³-hybridized carbons (Fsp3) is 0.545. The summed E-state index contributed by atoms with van der Waals surface area (Å²) in [5.74, 6) is 0. The number of pyridine rings is 1. The van der Waals surface area contributed by atoms with Gasteiger partial charge in [0.05, 0.1) is 0 Å². The van der Waals surface area contributed by atoms with E-state index in [0.29, 0.717) is 4.75 Å². The molecule has 1 fully saturated rings. The summed E-state index contributed by atoms with van der Waals surface area (Å²) in [4.78, 5) is 4.08. The standard InChI is InChI=1S/C11H16N2S/c1-9-7-12-6-3-10(9)13-8-11(14-2)4-5-11/h3,6-7H,4-5,8H2,1-2H3,(H,12,13). The van der Waals surface area contributed by atoms with E-state index in [-0.39, 0.29) is 0 Å². The quantitative estimate of drug-likeness (QED) is 0.823. The summed E-state index contributed by atoms with van der Waals surface area (Å²) in [6.07, 6.45) is 8.65. The Morgan fingerprint density at radius 2 is 2.36 bits per heavy atom. The zero-order chi connectivity index (χ0) is 10.0. The van der Waals surface area contributed by atoms with Gasteiger partial charge in [-0.25, -0.2) is 0 Å². The van der Waals surface area contributed by atoms with Gasteiger partial charge in [-0.3, -0.25) is 4.98 Å². The first kappa shape index (κ1) is 9.84. The average molecular weight is 208 g/mol. The van der Waals surface area contributed by atoms with E-state index in [4.69, 9.17) is 0 Å². The number of nitrogens with one attached hydrogen (secondary N) is 1. The lowest BCUT2D eigenvalue weighted by Gasteiger charge is -2.15. The monoisotopic (exact) mass is 208 g/mol. The normalized spacial score (nSPS) is 17.9. The first-order valence-corrected chi connectivity index (χ1v) is 6.18. The Bertz CT molecular complexity index is 321. The fourth-order valence-electron chi connectivity index (χ4n) is 1.52. The molecule has 1 heterocycles. The van der Waals surface area contributed by atoms with E-state index in [1.165, 1.54) is 24.1 Å². The number of rotatable bonds is 4. The van der Waals surface area contributed by atoms with Crippen LogP contribution in [0, 0.1) is 6.92 Å². The molecule has 1 aliphatic carbocycles. The van der Waals surface area contributed by atoms with Gasteiger partial charge in [0.25, 0.3) is 0 Å². The highest BCUT2D eigenvalue weighted by molar-refractivity contribution is 8.00. The van der Waals surface area contributed by atoms with E-state index in [0.717, 1.165) is 6.54 Å². The largest absolute Gasteiger partial charge is 0.383 e. The van der Waals surface area contributed by atoms with Crippen LogP contribution in [0.1, 0.15) is 18.4 Å². The van der Waals surface area contributed by atoms with Crippen LogP contribution in [0.15, 0.2) is 18.5 Å². The van der Waals surface area contributed by atoms with E-state index in [9.17, 15) is 0 Å². The topological polar surface area (TPSA) is 24.9 Å². The van der Waals surface area contributed by atoms with Crippen molar-refractivity contribution in [3.63, 3.8) is 0 Å². The van der Waals surface area contributed by atoms with Crippen LogP contribution in [0.2, 0.25) is 0 Å². The molecule has 0 unspecified atom stereocenters. The first-order chi connectivity index (χ1) is 6.76. The van der Waals surface area contributed by atoms with Crippen LogP contribution in [-0.2, 0) is 0 Å². The van der Waals surface area contributed by atoms with Gasteiger partial charge in [-0.05, 0) is 37.7 Å². The smallest absolute Gasteiger partial charge is 0.0401 e. The van der Waals surface area contributed by atoms with Gasteiger partial charge in [-0.1, -0.05) is 0 Å². The molecule has 1 saturated carbocycles. The minimum Gasteiger partial charge on any atom is -0.383 e. The zero-order valence-corrected chi connectivity index (χ0v) is 9.53. The number of hydrogen-bond acceptors (Lipinski definition) is 3. The van der Waals surface area contributed by atoms with Crippen molar-refractivity contribution in [2.24, 2.45) is 0 Å². The third-order valence-corrected chi connectivity index (χ3v) is 4.28. The highest BCUT2D eigenvalue weighted by Gasteiger charge is 2.41. The van der Waals surface area contributed by atoms with Crippen molar-refractivity contribution in [3.05, 3.63) is 24.0 Å². The van der Waals surface area contributed by atoms with Gasteiger partial charge in [0.1, 0.15) is 0 Å². The third kappa shape index (κ3) is 2.03. The summed E-state index contributed by atoms with van der Waals surface area (Å²) in [5.41, 5.74) is 2.45. The SMILES string of the molecule is CSC1(CNc2ccncc2C)CC1. The van der Waals surface area contributed by atoms with Crippen LogP contribution in [0.25, 0.3) is 0 Å². The molecule has 2 rings (SSSR count). The van der Waals surface area contributed by atoms with Crippen molar-refractivity contribution in [1.82, 2.24) is 4.98 Å². The molecule has 3 heteroatoms. The predicted molar refractivity (Wildman–Crippen MR) is 62.9 cm³/mol. The molecule has 1 N–H and O–H groups in total. The van der Waals surface area contributed by atoms with Gasteiger partial charge in [0, 0.05) is 29.4 Å². The molecule has 0 aromatic carbocycles. The third-order valence-electron chi connectivity index (χ3n) is 2.86. The maximum atomic E-state index is 4.08. The summed E-state index contributed by atoms with van der Waals surface area (Å²) in [6, 6.07) is 2.05. The lowest BCUT2D eigenvalue weighted by molar-refractivity contribution is 0.946. The molecular formula is C11H16N2S. The van der Waals surface area contributed by atoms with Crippen molar-refractivity contribution in [3.8, 4) is 0 Å². The Kier molecular flexibility index (Phi) is 2.68. The molecule has 76 valence electrons. The number of anilines is 1. The van der Waals surface area contributed by atoms with Gasteiger partial charge in [-0.2, -0.15) is 11.8 Å². The fourth-order valence-corrected chi connectivity index (χ4v) is 2.25. The van der Waals surface area contributed by atoms with E-state index in [1.54, 1.807) is 0 Å². The minimum absolute atomic E-state index is 0.524. The lowest BCUT2D eigenvalue weighted by Crippen LogP contribution is -2.17. The molecule has 0 amide bonds. The summed E-state index contributed by atoms with van der Waals surface area (Å²) in [5, 5.41) is 3.51. The van der Waals surface area contributed by atoms with Crippen LogP contribution in [0.5, 0.6) is 0 Å². The molecule has 1 aromatic heterocycles. The summed E-state index contributed by atoms with van der Waals surface area (Å²) in [7, 11) is 0. The zero-order valence-electron chi connectivity index (χ0n) is 8.71. The van der Waals surface area contributed by atoms with Gasteiger partial charge < -0.3 is 5.32 Å². The number of aromatic nitrogens is 1. The minimum atomic E-state index is 0.524. The van der Waals surface area contributed by atoms with E-state index in [1.807, 2.05) is 30.2 Å². The molecule has 0 aliphatic heterocycles. The Morgan fingerprint density at radius 3 is 2.93 bits per heavy atom. The lowest BCUT2D eigenvalue weighted by atomic mass is 10.2. The van der Waals surface area contributed by atoms with E-state index in [2.05, 4.69) is 23.5 Å². The van der Waals surface area contributed by atoms with Crippen LogP contribution < -0.4 is 5.32 Å². The van der Waals surface area contributed by atoms with Crippen molar-refractivity contribution in [2.75, 3.05) is 18.1 Å². The molecule has 0 bridgehead atoms. The first-order valence-electron chi connectivity index (χ1n) is 4.95. The predicted octanol–water partition coefficient (Wildman–Crippen LogP) is 2.70. The van der Waals surface area contributed by atoms with Gasteiger partial charge in [0.15, 0.2) is 0 Å². The molecule has 14 heavy (non-hydrogen) atoms. The number of aryl methyl sites for hydroxylation is 1. The van der Waals surface area contributed by atoms with Gasteiger partial charge in [0.2, 0.25) is 0 Å². The second kappa shape index (κ2) is 3.81. The number of thioether (sulfide) groups is 1. The van der Waals surface area contributed by atoms with Gasteiger partial charge >= 0.3 is 0 Å². The van der Waals surface area contributed by atoms with E-state index < -0.39 is 0 Å². The second-order valence-corrected chi connectivity index (χ2v) is 5.21. The Morgan fingerprint density at radius 1 is 1.57 bits per heavy atom. The average Bonchev–Trinajstić information content (AvgIpc) is 2.98. The summed E-state index contributed by atoms with van der Waals surface area (Å²) < 4.78 is 0.524. The molecule has 0 saturated heterocycles. The molecular weight excluding hydrogens is 192 g/mol. The highest BCUT2D eigenvalue weighted by Crippen LogP contribution is 2.47. The maximum absolute atomic E-state index is 4.08. The van der Waals surface area contributed by atoms with Crippen LogP contribution in [0.3, 0.4) is 0 Å². The summed E-state index contributed by atoms with van der Waals surface area (Å²) in [6.45, 7) is 3.17. The Hall–Kier alpha value is -0.700. The van der Waals surface area contributed by atoms with E-state index >= 15 is 0 Å². The molecule has 0 spiro atoms.